The van der Waals surface area contributed by atoms with E-state index in [1.165, 1.54) is 0 Å². The summed E-state index contributed by atoms with van der Waals surface area (Å²) in [5.74, 6) is -7.63. The predicted molar refractivity (Wildman–Crippen MR) is 416 cm³/mol. The summed E-state index contributed by atoms with van der Waals surface area (Å²) >= 11 is 0. The molecular weight excluding hydrogens is 1440 g/mol. The molecule has 112 heavy (non-hydrogen) atoms. The lowest BCUT2D eigenvalue weighted by Crippen LogP contribution is -2.42. The fourth-order valence-electron chi connectivity index (χ4n) is 12.5. The lowest BCUT2D eigenvalue weighted by atomic mass is 10.0. The van der Waals surface area contributed by atoms with E-state index in [1.807, 2.05) is 48.6 Å². The highest BCUT2D eigenvalue weighted by Gasteiger charge is 2.30. The molecule has 5 heterocycles. The van der Waals surface area contributed by atoms with Crippen LogP contribution in [0.2, 0.25) is 0 Å². The minimum atomic E-state index is -1.19. The van der Waals surface area contributed by atoms with Crippen molar-refractivity contribution in [3.05, 3.63) is 166 Å². The Morgan fingerprint density at radius 2 is 0.464 bits per heavy atom. The summed E-state index contributed by atoms with van der Waals surface area (Å²) in [5, 5.41) is 10.9. The van der Waals surface area contributed by atoms with Crippen molar-refractivity contribution in [2.75, 3.05) is 52.9 Å². The Labute approximate surface area is 646 Å². The van der Waals surface area contributed by atoms with Gasteiger partial charge in [0.15, 0.2) is 0 Å². The van der Waals surface area contributed by atoms with Crippen molar-refractivity contribution in [1.29, 1.82) is 0 Å². The molecule has 7 aromatic rings. The Hall–Kier alpha value is -12.9. The number of fused-ring (bicyclic) bond motifs is 8. The van der Waals surface area contributed by atoms with Gasteiger partial charge in [0.1, 0.15) is 24.2 Å². The molecule has 28 heteroatoms. The van der Waals surface area contributed by atoms with Gasteiger partial charge in [0.25, 0.3) is 23.6 Å². The van der Waals surface area contributed by atoms with Crippen LogP contribution in [0.5, 0.6) is 0 Å². The molecule has 28 nitrogen and oxygen atoms in total. The van der Waals surface area contributed by atoms with Crippen LogP contribution in [0.4, 0.5) is 0 Å². The molecule has 4 atom stereocenters. The highest BCUT2D eigenvalue weighted by Crippen LogP contribution is 2.39. The maximum atomic E-state index is 14.1. The van der Waals surface area contributed by atoms with E-state index in [4.69, 9.17) is 47.9 Å². The number of ether oxygens (including phenoxy) is 8. The summed E-state index contributed by atoms with van der Waals surface area (Å²) in [6.45, 7) is 13.7. The number of rotatable bonds is 36. The van der Waals surface area contributed by atoms with E-state index < -0.39 is 95.6 Å². The highest BCUT2D eigenvalue weighted by molar-refractivity contribution is 6.04. The average molecular weight is 1530 g/mol. The summed E-state index contributed by atoms with van der Waals surface area (Å²) in [6, 6.07) is 29.1. The summed E-state index contributed by atoms with van der Waals surface area (Å²) in [6.07, 6.45) is 6.28. The fraction of sp³-hybridized carbons (Fsp3) is 0.333. The first-order valence-corrected chi connectivity index (χ1v) is 37.2. The van der Waals surface area contributed by atoms with E-state index in [0.717, 1.165) is 0 Å². The second kappa shape index (κ2) is 40.5. The maximum absolute atomic E-state index is 14.1. The fourth-order valence-corrected chi connectivity index (χ4v) is 12.5. The standard InChI is InChI=1S/C84H90N8O20/c1-9-105-69(93)45-41-65(81(101)109-13-5)89-77(97)53-25-17-49(18-26-53)73-57-33-35-59(85-57)74(50-19-27-54(28-20-50)78(98)90-66(82(102)110-14-6)42-46-70(94)106-10-2)61-37-39-63(87-61)76(52-23-31-56(32-24-52)80(100)92-68(84(104)112-16-8)44-48-72(96)108-12-4)64-40-38-62(88-64)75(60-36-34-58(73)86-60)51-21-29-55(30-22-51)79(99)91-67(83(103)111-15-7)43-47-71(95)107-11-3/h17-40,65-68,85,88H,9-16,41-48H2,1-8H3,(H,89,97)(H,90,98)(H,91,99)(H,92,100). The van der Waals surface area contributed by atoms with Crippen LogP contribution in [0, 0.1) is 0 Å². The second-order valence-corrected chi connectivity index (χ2v) is 25.3. The summed E-state index contributed by atoms with van der Waals surface area (Å²) in [4.78, 5) is 177. The molecule has 4 aromatic carbocycles. The molecule has 586 valence electrons. The first kappa shape index (κ1) is 83.2. The Morgan fingerprint density at radius 1 is 0.277 bits per heavy atom. The van der Waals surface area contributed by atoms with Crippen LogP contribution in [0.15, 0.2) is 121 Å². The van der Waals surface area contributed by atoms with Gasteiger partial charge >= 0.3 is 47.8 Å². The zero-order chi connectivity index (χ0) is 80.4. The third kappa shape index (κ3) is 21.7. The number of nitrogens with one attached hydrogen (secondary N) is 6. The molecule has 6 N–H and O–H groups in total. The largest absolute Gasteiger partial charge is 0.466 e. The number of aromatic amines is 2. The molecule has 0 saturated heterocycles. The molecule has 2 aliphatic heterocycles. The Bertz CT molecular complexity index is 4270. The number of aromatic nitrogens is 4. The van der Waals surface area contributed by atoms with Gasteiger partial charge < -0.3 is 69.1 Å². The van der Waals surface area contributed by atoms with Crippen molar-refractivity contribution in [3.8, 4) is 44.5 Å². The van der Waals surface area contributed by atoms with Gasteiger partial charge in [0, 0.05) is 92.3 Å². The maximum Gasteiger partial charge on any atom is 0.328 e. The smallest absolute Gasteiger partial charge is 0.328 e. The zero-order valence-corrected chi connectivity index (χ0v) is 63.5. The van der Waals surface area contributed by atoms with E-state index in [-0.39, 0.29) is 126 Å². The lowest BCUT2D eigenvalue weighted by Gasteiger charge is -2.17. The molecule has 0 spiro atoms. The number of hydrogen-bond acceptors (Lipinski definition) is 22. The molecule has 0 saturated carbocycles. The van der Waals surface area contributed by atoms with Crippen molar-refractivity contribution in [2.45, 2.75) is 131 Å². The van der Waals surface area contributed by atoms with Crippen LogP contribution >= 0.6 is 0 Å². The summed E-state index contributed by atoms with van der Waals surface area (Å²) < 4.78 is 41.4. The number of carbonyl (C=O) groups is 12. The zero-order valence-electron chi connectivity index (χ0n) is 63.5. The molecule has 0 aliphatic carbocycles. The molecule has 8 bridgehead atoms. The van der Waals surface area contributed by atoms with Crippen molar-refractivity contribution < 1.29 is 95.4 Å². The first-order valence-electron chi connectivity index (χ1n) is 37.2. The van der Waals surface area contributed by atoms with Gasteiger partial charge in [-0.15, -0.1) is 0 Å². The Kier molecular flexibility index (Phi) is 30.1. The van der Waals surface area contributed by atoms with Crippen molar-refractivity contribution in [3.63, 3.8) is 0 Å². The number of carbonyl (C=O) groups excluding carboxylic acids is 12. The number of amides is 4. The van der Waals surface area contributed by atoms with Gasteiger partial charge in [-0.2, -0.15) is 0 Å². The van der Waals surface area contributed by atoms with Crippen LogP contribution < -0.4 is 21.3 Å². The number of nitrogens with zero attached hydrogens (tertiary/aromatic N) is 2. The number of benzene rings is 4. The summed E-state index contributed by atoms with van der Waals surface area (Å²) in [5.41, 5.74) is 8.84. The van der Waals surface area contributed by atoms with E-state index in [1.54, 1.807) is 152 Å². The van der Waals surface area contributed by atoms with E-state index in [9.17, 15) is 57.5 Å². The summed E-state index contributed by atoms with van der Waals surface area (Å²) in [7, 11) is 0. The third-order valence-corrected chi connectivity index (χ3v) is 17.8. The Balaban J connectivity index is 1.25. The molecular formula is C84H90N8O20. The Morgan fingerprint density at radius 3 is 0.643 bits per heavy atom. The molecule has 0 radical (unpaired) electrons. The van der Waals surface area contributed by atoms with Crippen LogP contribution in [-0.2, 0) is 76.3 Å². The monoisotopic (exact) mass is 1530 g/mol. The van der Waals surface area contributed by atoms with Gasteiger partial charge in [0.05, 0.1) is 75.6 Å². The van der Waals surface area contributed by atoms with Crippen molar-refractivity contribution in [1.82, 2.24) is 41.2 Å². The van der Waals surface area contributed by atoms with Gasteiger partial charge in [-0.1, -0.05) is 48.5 Å². The van der Waals surface area contributed by atoms with Gasteiger partial charge in [0.2, 0.25) is 0 Å². The molecule has 4 unspecified atom stereocenters. The van der Waals surface area contributed by atoms with Crippen molar-refractivity contribution >= 4 is 118 Å². The third-order valence-electron chi connectivity index (χ3n) is 17.8. The van der Waals surface area contributed by atoms with E-state index in [0.29, 0.717) is 89.4 Å². The van der Waals surface area contributed by atoms with E-state index >= 15 is 0 Å². The first-order chi connectivity index (χ1) is 54.1. The average Bonchev–Trinajstić information content (AvgIpc) is 1.60. The second-order valence-electron chi connectivity index (χ2n) is 25.3. The minimum Gasteiger partial charge on any atom is -0.466 e. The van der Waals surface area contributed by atoms with Crippen molar-refractivity contribution in [2.24, 2.45) is 0 Å². The lowest BCUT2D eigenvalue weighted by molar-refractivity contribution is -0.148. The molecule has 9 rings (SSSR count). The van der Waals surface area contributed by atoms with Gasteiger partial charge in [-0.3, -0.25) is 38.4 Å². The predicted octanol–water partition coefficient (Wildman–Crippen LogP) is 11.3. The SMILES string of the molecule is CCOC(=O)CCC(NC(=O)c1ccc(-c2c3nc(c(-c4ccc(C(=O)NC(CCC(=O)OCC)C(=O)OCC)cc4)c4ccc([nH]4)c(-c4ccc(C(=O)NC(CCC(=O)OCC)C(=O)OCC)cc4)c4nc(c(-c5ccc(C(=O)NC(CCC(=O)OCC)C(=O)OCC)cc5)c5ccc2[nH]5)C=C4)C=C3)cc1)C(=O)OCC. The van der Waals surface area contributed by atoms with Crippen LogP contribution in [0.25, 0.3) is 90.9 Å². The topological polar surface area (TPSA) is 384 Å². The highest BCUT2D eigenvalue weighted by atomic mass is 16.6. The van der Waals surface area contributed by atoms with E-state index in [2.05, 4.69) is 31.2 Å². The van der Waals surface area contributed by atoms with Crippen LogP contribution in [0.1, 0.15) is 171 Å². The quantitative estimate of drug-likeness (QED) is 0.0157. The van der Waals surface area contributed by atoms with Gasteiger partial charge in [-0.25, -0.2) is 29.1 Å². The molecule has 4 amide bonds. The van der Waals surface area contributed by atoms with Crippen LogP contribution in [0.3, 0.4) is 0 Å². The molecule has 2 aliphatic rings. The minimum absolute atomic E-state index is 0.0250. The normalized spacial score (nSPS) is 12.4. The van der Waals surface area contributed by atoms with Crippen LogP contribution in [-0.4, -0.2) is 168 Å². The number of esters is 8. The number of H-pyrrole nitrogens is 2. The van der Waals surface area contributed by atoms with Gasteiger partial charge in [-0.05, 0) is 200 Å². The number of hydrogen-bond donors (Lipinski definition) is 6. The molecule has 3 aromatic heterocycles. The molecule has 0 fully saturated rings.